The van der Waals surface area contributed by atoms with E-state index in [2.05, 4.69) is 5.32 Å². The van der Waals surface area contributed by atoms with E-state index >= 15 is 0 Å². The Hall–Kier alpha value is -3.28. The van der Waals surface area contributed by atoms with Crippen molar-refractivity contribution in [3.05, 3.63) is 70.8 Å². The number of nitrogens with zero attached hydrogens (tertiary/aromatic N) is 1. The molecule has 0 aliphatic heterocycles. The number of carbonyl (C=O) groups is 2. The summed E-state index contributed by atoms with van der Waals surface area (Å²) in [5.74, 6) is -0.539. The van der Waals surface area contributed by atoms with E-state index in [9.17, 15) is 35.9 Å². The van der Waals surface area contributed by atoms with Crippen molar-refractivity contribution in [3.63, 3.8) is 0 Å². The number of likely N-dealkylation sites (N-methyl/N-ethyl adjacent to an activating group) is 1. The smallest absolute Gasteiger partial charge is 0.416 e. The lowest BCUT2D eigenvalue weighted by Crippen LogP contribution is -2.33. The number of hydrogen-bond acceptors (Lipinski definition) is 4. The predicted molar refractivity (Wildman–Crippen MR) is 141 cm³/mol. The first-order chi connectivity index (χ1) is 19.0. The number of ether oxygens (including phenoxy) is 2. The molecule has 6 nitrogen and oxygen atoms in total. The van der Waals surface area contributed by atoms with Gasteiger partial charge in [0.2, 0.25) is 5.91 Å². The van der Waals surface area contributed by atoms with E-state index in [-0.39, 0.29) is 43.0 Å². The van der Waals surface area contributed by atoms with Gasteiger partial charge in [-0.15, -0.1) is 0 Å². The monoisotopic (exact) mass is 590 g/mol. The van der Waals surface area contributed by atoms with Gasteiger partial charge in [-0.05, 0) is 62.9 Å². The number of unbranched alkanes of at least 4 members (excludes halogenated alkanes) is 1. The largest absolute Gasteiger partial charge is 0.444 e. The summed E-state index contributed by atoms with van der Waals surface area (Å²) in [7, 11) is 1.61. The van der Waals surface area contributed by atoms with Crippen LogP contribution in [0.1, 0.15) is 68.2 Å². The summed E-state index contributed by atoms with van der Waals surface area (Å²) in [5, 5.41) is 2.63. The molecule has 1 N–H and O–H groups in total. The summed E-state index contributed by atoms with van der Waals surface area (Å²) < 4.78 is 89.9. The normalized spacial score (nSPS) is 13.0. The summed E-state index contributed by atoms with van der Waals surface area (Å²) in [6.07, 6.45) is -9.14. The average Bonchev–Trinajstić information content (AvgIpc) is 2.86. The van der Waals surface area contributed by atoms with Crippen molar-refractivity contribution < 1.29 is 45.4 Å². The fraction of sp³-hybridized carbons (Fsp3) is 0.517. The first-order valence-electron chi connectivity index (χ1n) is 13.1. The predicted octanol–water partition coefficient (Wildman–Crippen LogP) is 7.18. The molecule has 0 fully saturated rings. The van der Waals surface area contributed by atoms with E-state index < -0.39 is 41.8 Å². The summed E-state index contributed by atoms with van der Waals surface area (Å²) in [5.41, 5.74) is -2.88. The van der Waals surface area contributed by atoms with Crippen molar-refractivity contribution in [2.45, 2.75) is 70.5 Å². The Balaban J connectivity index is 1.97. The van der Waals surface area contributed by atoms with Crippen molar-refractivity contribution in [1.29, 1.82) is 0 Å². The van der Waals surface area contributed by atoms with E-state index in [1.54, 1.807) is 58.2 Å². The number of hydrogen-bond donors (Lipinski definition) is 1. The molecule has 2 rings (SSSR count). The van der Waals surface area contributed by atoms with E-state index in [0.717, 1.165) is 5.56 Å². The topological polar surface area (TPSA) is 67.9 Å². The summed E-state index contributed by atoms with van der Waals surface area (Å²) in [6.45, 7) is 5.31. The third-order valence-electron chi connectivity index (χ3n) is 5.91. The molecular weight excluding hydrogens is 554 g/mol. The number of halogens is 6. The number of carbonyl (C=O) groups excluding carboxylic acids is 2. The summed E-state index contributed by atoms with van der Waals surface area (Å²) >= 11 is 0. The Kier molecular flexibility index (Phi) is 12.0. The van der Waals surface area contributed by atoms with Crippen LogP contribution in [0.15, 0.2) is 48.5 Å². The molecule has 0 saturated heterocycles. The van der Waals surface area contributed by atoms with Gasteiger partial charge in [0.1, 0.15) is 5.60 Å². The lowest BCUT2D eigenvalue weighted by Gasteiger charge is -2.25. The number of amides is 2. The van der Waals surface area contributed by atoms with Crippen LogP contribution in [0, 0.1) is 0 Å². The fourth-order valence-electron chi connectivity index (χ4n) is 3.93. The SMILES string of the molecule is CN(CC(COCc1cc(C(F)(F)F)cc(C(F)(F)F)c1)c1ccccc1)C(=O)CCCCNC(=O)OC(C)(C)C. The van der Waals surface area contributed by atoms with Crippen LogP contribution in [-0.4, -0.2) is 49.2 Å². The Morgan fingerprint density at radius 3 is 2.02 bits per heavy atom. The molecule has 2 amide bonds. The molecule has 41 heavy (non-hydrogen) atoms. The van der Waals surface area contributed by atoms with E-state index in [0.29, 0.717) is 31.5 Å². The maximum absolute atomic E-state index is 13.2. The molecule has 0 aliphatic carbocycles. The van der Waals surface area contributed by atoms with Gasteiger partial charge in [0.15, 0.2) is 0 Å². The Morgan fingerprint density at radius 1 is 0.902 bits per heavy atom. The van der Waals surface area contributed by atoms with Crippen molar-refractivity contribution >= 4 is 12.0 Å². The van der Waals surface area contributed by atoms with Gasteiger partial charge < -0.3 is 19.7 Å². The second-order valence-electron chi connectivity index (χ2n) is 10.7. The third kappa shape index (κ3) is 12.4. The highest BCUT2D eigenvalue weighted by Crippen LogP contribution is 2.36. The van der Waals surface area contributed by atoms with E-state index in [1.807, 2.05) is 0 Å². The molecule has 0 radical (unpaired) electrons. The Labute approximate surface area is 236 Å². The minimum Gasteiger partial charge on any atom is -0.444 e. The van der Waals surface area contributed by atoms with Crippen LogP contribution < -0.4 is 5.32 Å². The highest BCUT2D eigenvalue weighted by molar-refractivity contribution is 5.75. The zero-order valence-corrected chi connectivity index (χ0v) is 23.5. The lowest BCUT2D eigenvalue weighted by atomic mass is 9.99. The molecule has 12 heteroatoms. The first kappa shape index (κ1) is 33.9. The van der Waals surface area contributed by atoms with Crippen LogP contribution in [0.2, 0.25) is 0 Å². The highest BCUT2D eigenvalue weighted by Gasteiger charge is 2.37. The average molecular weight is 591 g/mol. The van der Waals surface area contributed by atoms with Gasteiger partial charge >= 0.3 is 18.4 Å². The quantitative estimate of drug-likeness (QED) is 0.210. The summed E-state index contributed by atoms with van der Waals surface area (Å²) in [4.78, 5) is 25.9. The minimum absolute atomic E-state index is 0.0426. The number of nitrogens with one attached hydrogen (secondary N) is 1. The zero-order chi connectivity index (χ0) is 30.8. The molecule has 0 bridgehead atoms. The van der Waals surface area contributed by atoms with Gasteiger partial charge in [0, 0.05) is 32.5 Å². The molecule has 0 aliphatic rings. The number of alkyl halides is 6. The van der Waals surface area contributed by atoms with Gasteiger partial charge in [0.05, 0.1) is 24.3 Å². The molecule has 2 aromatic rings. The van der Waals surface area contributed by atoms with Crippen molar-refractivity contribution in [2.75, 3.05) is 26.7 Å². The van der Waals surface area contributed by atoms with Gasteiger partial charge in [-0.3, -0.25) is 4.79 Å². The van der Waals surface area contributed by atoms with Crippen LogP contribution in [0.4, 0.5) is 31.1 Å². The second-order valence-corrected chi connectivity index (χ2v) is 10.7. The fourth-order valence-corrected chi connectivity index (χ4v) is 3.93. The van der Waals surface area contributed by atoms with Gasteiger partial charge in [-0.25, -0.2) is 4.79 Å². The Bertz CT molecular complexity index is 1100. The van der Waals surface area contributed by atoms with Gasteiger partial charge in [-0.1, -0.05) is 30.3 Å². The first-order valence-corrected chi connectivity index (χ1v) is 13.1. The minimum atomic E-state index is -4.95. The zero-order valence-electron chi connectivity index (χ0n) is 23.5. The van der Waals surface area contributed by atoms with Gasteiger partial charge in [-0.2, -0.15) is 26.3 Å². The van der Waals surface area contributed by atoms with Crippen LogP contribution in [-0.2, 0) is 33.2 Å². The number of rotatable bonds is 12. The molecule has 0 heterocycles. The van der Waals surface area contributed by atoms with Crippen LogP contribution in [0.5, 0.6) is 0 Å². The second kappa shape index (κ2) is 14.6. The highest BCUT2D eigenvalue weighted by atomic mass is 19.4. The molecular formula is C29H36F6N2O4. The van der Waals surface area contributed by atoms with Gasteiger partial charge in [0.25, 0.3) is 0 Å². The summed E-state index contributed by atoms with van der Waals surface area (Å²) in [6, 6.07) is 10.3. The molecule has 0 spiro atoms. The molecule has 228 valence electrons. The van der Waals surface area contributed by atoms with Crippen LogP contribution >= 0.6 is 0 Å². The third-order valence-corrected chi connectivity index (χ3v) is 5.91. The van der Waals surface area contributed by atoms with Crippen molar-refractivity contribution in [3.8, 4) is 0 Å². The standard InChI is InChI=1S/C29H36F6N2O4/c1-27(2,3)41-26(39)36-13-9-8-12-25(38)37(4)17-22(21-10-6-5-7-11-21)19-40-18-20-14-23(28(30,31)32)16-24(15-20)29(33,34)35/h5-7,10-11,14-16,22H,8-9,12-13,17-19H2,1-4H3,(H,36,39). The van der Waals surface area contributed by atoms with Crippen molar-refractivity contribution in [1.82, 2.24) is 10.2 Å². The molecule has 1 atom stereocenters. The van der Waals surface area contributed by atoms with E-state index in [1.165, 1.54) is 4.90 Å². The molecule has 0 aromatic heterocycles. The van der Waals surface area contributed by atoms with E-state index in [4.69, 9.17) is 9.47 Å². The van der Waals surface area contributed by atoms with Crippen molar-refractivity contribution in [2.24, 2.45) is 0 Å². The molecule has 1 unspecified atom stereocenters. The molecule has 2 aromatic carbocycles. The van der Waals surface area contributed by atoms with Crippen LogP contribution in [0.25, 0.3) is 0 Å². The Morgan fingerprint density at radius 2 is 1.49 bits per heavy atom. The van der Waals surface area contributed by atoms with Crippen LogP contribution in [0.3, 0.4) is 0 Å². The molecule has 0 saturated carbocycles. The lowest BCUT2D eigenvalue weighted by molar-refractivity contribution is -0.143. The number of benzene rings is 2. The maximum Gasteiger partial charge on any atom is 0.416 e. The number of alkyl carbamates (subject to hydrolysis) is 1. The maximum atomic E-state index is 13.2.